The lowest BCUT2D eigenvalue weighted by Gasteiger charge is -2.56. The van der Waals surface area contributed by atoms with Crippen LogP contribution in [0.3, 0.4) is 0 Å². The van der Waals surface area contributed by atoms with Gasteiger partial charge in [-0.25, -0.2) is 4.79 Å². The third kappa shape index (κ3) is 5.04. The fraction of sp³-hybridized carbons (Fsp3) is 0.381. The number of fused-ring (bicyclic) bond motifs is 1. The van der Waals surface area contributed by atoms with Crippen molar-refractivity contribution in [2.24, 2.45) is 5.73 Å². The smallest absolute Gasteiger partial charge is 0.352 e. The molecular formula is C21H23N7O7S2. The molecule has 1 aromatic carbocycles. The Kier molecular flexibility index (Phi) is 7.82. The standard InChI is InChI=1S/C21H23N7O7S2/c1-35-21(23-14(29)6-10-4-2-3-5-11(10)8-22)18(34)28-16(17(32)33)12(9-36-19(21)28)13(7-15(30)31)37-20-24-26-27-25-20/h2-5,13,19H,6-9,22H2,1H3,(H,23,29)(H,30,31)(H,32,33)(H,24,25,26,27)/t13?,19-,21?/m0/s1. The quantitative estimate of drug-likeness (QED) is 0.137. The van der Waals surface area contributed by atoms with E-state index in [0.717, 1.165) is 34.0 Å². The summed E-state index contributed by atoms with van der Waals surface area (Å²) in [5.41, 5.74) is 5.30. The highest BCUT2D eigenvalue weighted by molar-refractivity contribution is 8.01. The second-order valence-electron chi connectivity index (χ2n) is 8.05. The molecule has 6 N–H and O–H groups in total. The summed E-state index contributed by atoms with van der Waals surface area (Å²) in [6.07, 6.45) is -0.497. The van der Waals surface area contributed by atoms with Crippen LogP contribution >= 0.6 is 23.5 Å². The van der Waals surface area contributed by atoms with Crippen molar-refractivity contribution in [1.29, 1.82) is 0 Å². The number of nitrogens with one attached hydrogen (secondary N) is 2. The molecule has 0 saturated carbocycles. The number of benzene rings is 1. The van der Waals surface area contributed by atoms with Crippen LogP contribution in [-0.2, 0) is 36.9 Å². The lowest BCUT2D eigenvalue weighted by molar-refractivity contribution is -0.192. The van der Waals surface area contributed by atoms with E-state index >= 15 is 0 Å². The zero-order valence-electron chi connectivity index (χ0n) is 19.4. The largest absolute Gasteiger partial charge is 0.481 e. The summed E-state index contributed by atoms with van der Waals surface area (Å²) in [4.78, 5) is 51.2. The maximum Gasteiger partial charge on any atom is 0.352 e. The van der Waals surface area contributed by atoms with E-state index in [-0.39, 0.29) is 35.1 Å². The number of amides is 2. The van der Waals surface area contributed by atoms with Crippen LogP contribution in [0.2, 0.25) is 0 Å². The van der Waals surface area contributed by atoms with Gasteiger partial charge < -0.3 is 26.0 Å². The third-order valence-electron chi connectivity index (χ3n) is 5.92. The molecule has 0 spiro atoms. The second kappa shape index (κ2) is 10.9. The molecule has 1 aromatic heterocycles. The van der Waals surface area contributed by atoms with E-state index in [1.165, 1.54) is 7.11 Å². The molecule has 16 heteroatoms. The summed E-state index contributed by atoms with van der Waals surface area (Å²) in [6, 6.07) is 7.13. The van der Waals surface area contributed by atoms with Crippen molar-refractivity contribution in [3.8, 4) is 0 Å². The molecule has 1 saturated heterocycles. The lowest BCUT2D eigenvalue weighted by atomic mass is 9.96. The first-order valence-electron chi connectivity index (χ1n) is 10.9. The molecule has 2 aliphatic rings. The number of aliphatic carboxylic acids is 2. The fourth-order valence-electron chi connectivity index (χ4n) is 4.23. The molecule has 2 aliphatic heterocycles. The van der Waals surface area contributed by atoms with E-state index in [1.54, 1.807) is 24.3 Å². The van der Waals surface area contributed by atoms with Crippen molar-refractivity contribution < 1.29 is 34.1 Å². The van der Waals surface area contributed by atoms with E-state index in [2.05, 4.69) is 25.9 Å². The summed E-state index contributed by atoms with van der Waals surface area (Å²) in [5, 5.41) is 33.7. The Bertz CT molecular complexity index is 1260. The van der Waals surface area contributed by atoms with Crippen molar-refractivity contribution >= 4 is 47.3 Å². The van der Waals surface area contributed by atoms with E-state index in [1.807, 2.05) is 0 Å². The molecule has 4 rings (SSSR count). The van der Waals surface area contributed by atoms with E-state index in [0.29, 0.717) is 5.56 Å². The molecule has 14 nitrogen and oxygen atoms in total. The number of tetrazole rings is 1. The van der Waals surface area contributed by atoms with Gasteiger partial charge in [-0.1, -0.05) is 36.0 Å². The first kappa shape index (κ1) is 26.6. The normalized spacial score (nSPS) is 21.7. The predicted octanol–water partition coefficient (Wildman–Crippen LogP) is -0.451. The van der Waals surface area contributed by atoms with Gasteiger partial charge in [-0.15, -0.1) is 22.0 Å². The second-order valence-corrected chi connectivity index (χ2v) is 10.3. The number of nitrogens with zero attached hydrogens (tertiary/aromatic N) is 4. The number of nitrogens with two attached hydrogens (primary N) is 1. The van der Waals surface area contributed by atoms with Gasteiger partial charge in [0, 0.05) is 24.7 Å². The summed E-state index contributed by atoms with van der Waals surface area (Å²) < 4.78 is 5.48. The fourth-order valence-corrected chi connectivity index (χ4v) is 6.85. The first-order valence-corrected chi connectivity index (χ1v) is 12.8. The van der Waals surface area contributed by atoms with Crippen molar-refractivity contribution in [2.45, 2.75) is 40.9 Å². The molecule has 0 bridgehead atoms. The molecule has 2 unspecified atom stereocenters. The monoisotopic (exact) mass is 549 g/mol. The van der Waals surface area contributed by atoms with Gasteiger partial charge in [0.25, 0.3) is 11.6 Å². The number of methoxy groups -OCH3 is 1. The molecule has 3 atom stereocenters. The molecule has 0 aliphatic carbocycles. The maximum absolute atomic E-state index is 13.4. The number of β-lactam (4-membered cyclic amide) rings is 1. The average molecular weight is 550 g/mol. The van der Waals surface area contributed by atoms with Crippen LogP contribution in [-0.4, -0.2) is 88.7 Å². The lowest BCUT2D eigenvalue weighted by Crippen LogP contribution is -2.80. The van der Waals surface area contributed by atoms with Crippen LogP contribution in [0.15, 0.2) is 40.7 Å². The number of ether oxygens (including phenoxy) is 1. The Morgan fingerprint density at radius 2 is 2.08 bits per heavy atom. The van der Waals surface area contributed by atoms with Crippen molar-refractivity contribution in [3.63, 3.8) is 0 Å². The Hall–Kier alpha value is -3.47. The number of aromatic amines is 1. The number of hydrogen-bond acceptors (Lipinski definition) is 11. The van der Waals surface area contributed by atoms with Gasteiger partial charge in [0.05, 0.1) is 12.8 Å². The summed E-state index contributed by atoms with van der Waals surface area (Å²) in [6.45, 7) is 0.235. The molecule has 2 aromatic rings. The third-order valence-corrected chi connectivity index (χ3v) is 8.38. The Balaban J connectivity index is 1.61. The SMILES string of the molecule is COC1(NC(=O)Cc2ccccc2CN)C(=O)N2C(C(=O)O)=C(C(CC(=O)O)Sc3nn[nH]n3)CS[C@H]21. The molecule has 0 radical (unpaired) electrons. The summed E-state index contributed by atoms with van der Waals surface area (Å²) in [5.74, 6) is -3.79. The molecule has 37 heavy (non-hydrogen) atoms. The van der Waals surface area contributed by atoms with Gasteiger partial charge in [-0.05, 0) is 21.9 Å². The zero-order chi connectivity index (χ0) is 26.7. The van der Waals surface area contributed by atoms with Gasteiger partial charge in [0.15, 0.2) is 0 Å². The van der Waals surface area contributed by atoms with Crippen molar-refractivity contribution in [2.75, 3.05) is 12.9 Å². The molecule has 196 valence electrons. The van der Waals surface area contributed by atoms with Crippen LogP contribution in [0.25, 0.3) is 0 Å². The average Bonchev–Trinajstić information content (AvgIpc) is 3.39. The Morgan fingerprint density at radius 1 is 1.35 bits per heavy atom. The number of rotatable bonds is 11. The van der Waals surface area contributed by atoms with E-state index < -0.39 is 46.5 Å². The maximum atomic E-state index is 13.4. The highest BCUT2D eigenvalue weighted by Crippen LogP contribution is 2.48. The van der Waals surface area contributed by atoms with E-state index in [9.17, 15) is 29.4 Å². The Labute approximate surface area is 218 Å². The summed E-state index contributed by atoms with van der Waals surface area (Å²) >= 11 is 2.08. The minimum Gasteiger partial charge on any atom is -0.481 e. The van der Waals surface area contributed by atoms with E-state index in [4.69, 9.17) is 10.5 Å². The van der Waals surface area contributed by atoms with Gasteiger partial charge >= 0.3 is 11.9 Å². The number of carboxylic acid groups (broad SMARTS) is 2. The molecular weight excluding hydrogens is 526 g/mol. The number of thioether (sulfide) groups is 2. The van der Waals surface area contributed by atoms with Crippen LogP contribution in [0.4, 0.5) is 0 Å². The highest BCUT2D eigenvalue weighted by Gasteiger charge is 2.67. The Morgan fingerprint density at radius 3 is 2.68 bits per heavy atom. The highest BCUT2D eigenvalue weighted by atomic mass is 32.2. The topological polar surface area (TPSA) is 214 Å². The zero-order valence-corrected chi connectivity index (χ0v) is 21.0. The molecule has 3 heterocycles. The van der Waals surface area contributed by atoms with Gasteiger partial charge in [0.2, 0.25) is 11.1 Å². The number of H-pyrrole nitrogens is 1. The van der Waals surface area contributed by atoms with Crippen LogP contribution in [0.1, 0.15) is 17.5 Å². The predicted molar refractivity (Wildman–Crippen MR) is 130 cm³/mol. The first-order chi connectivity index (χ1) is 17.7. The van der Waals surface area contributed by atoms with Crippen molar-refractivity contribution in [1.82, 2.24) is 30.8 Å². The minimum absolute atomic E-state index is 0.0575. The van der Waals surface area contributed by atoms with Crippen LogP contribution in [0.5, 0.6) is 0 Å². The van der Waals surface area contributed by atoms with Gasteiger partial charge in [0.1, 0.15) is 11.1 Å². The number of aromatic nitrogens is 4. The minimum atomic E-state index is -1.78. The molecule has 2 amide bonds. The molecule has 1 fully saturated rings. The van der Waals surface area contributed by atoms with Crippen LogP contribution < -0.4 is 11.1 Å². The van der Waals surface area contributed by atoms with Gasteiger partial charge in [-0.2, -0.15) is 5.21 Å². The number of hydrogen-bond donors (Lipinski definition) is 5. The van der Waals surface area contributed by atoms with Crippen molar-refractivity contribution in [3.05, 3.63) is 46.7 Å². The van der Waals surface area contributed by atoms with Gasteiger partial charge in [-0.3, -0.25) is 19.3 Å². The van der Waals surface area contributed by atoms with Crippen LogP contribution in [0, 0.1) is 0 Å². The number of carboxylic acids is 2. The number of carbonyl (C=O) groups is 4. The summed E-state index contributed by atoms with van der Waals surface area (Å²) in [7, 11) is 1.25. The number of carbonyl (C=O) groups excluding carboxylic acids is 2.